The minimum Gasteiger partial charge on any atom is -0.496 e. The van der Waals surface area contributed by atoms with Crippen molar-refractivity contribution in [1.82, 2.24) is 5.32 Å². The SMILES string of the molecule is COc1ccccc1C(=O)O[C@H](C)C(=O)NC(N)=O. The van der Waals surface area contributed by atoms with E-state index in [-0.39, 0.29) is 5.56 Å². The quantitative estimate of drug-likeness (QED) is 0.768. The zero-order chi connectivity index (χ0) is 14.4. The van der Waals surface area contributed by atoms with Crippen molar-refractivity contribution in [1.29, 1.82) is 0 Å². The number of para-hydroxylation sites is 1. The summed E-state index contributed by atoms with van der Waals surface area (Å²) in [6.45, 7) is 1.32. The number of methoxy groups -OCH3 is 1. The van der Waals surface area contributed by atoms with Crippen LogP contribution in [-0.2, 0) is 9.53 Å². The summed E-state index contributed by atoms with van der Waals surface area (Å²) >= 11 is 0. The highest BCUT2D eigenvalue weighted by molar-refractivity contribution is 5.98. The van der Waals surface area contributed by atoms with Gasteiger partial charge in [0.25, 0.3) is 5.91 Å². The number of urea groups is 1. The first-order valence-electron chi connectivity index (χ1n) is 5.40. The van der Waals surface area contributed by atoms with Crippen LogP contribution >= 0.6 is 0 Å². The third-order valence-electron chi connectivity index (χ3n) is 2.23. The van der Waals surface area contributed by atoms with Gasteiger partial charge >= 0.3 is 12.0 Å². The molecular weight excluding hydrogens is 252 g/mol. The van der Waals surface area contributed by atoms with Crippen molar-refractivity contribution in [2.75, 3.05) is 7.11 Å². The molecule has 1 rings (SSSR count). The molecule has 1 aromatic rings. The molecule has 0 aromatic heterocycles. The molecule has 0 radical (unpaired) electrons. The summed E-state index contributed by atoms with van der Waals surface area (Å²) in [6, 6.07) is 5.40. The Morgan fingerprint density at radius 2 is 1.89 bits per heavy atom. The Balaban J connectivity index is 2.74. The molecule has 7 heteroatoms. The first-order valence-corrected chi connectivity index (χ1v) is 5.40. The summed E-state index contributed by atoms with van der Waals surface area (Å²) in [5.41, 5.74) is 4.97. The van der Waals surface area contributed by atoms with Gasteiger partial charge in [0.1, 0.15) is 11.3 Å². The first-order chi connectivity index (χ1) is 8.95. The molecule has 0 bridgehead atoms. The molecule has 3 N–H and O–H groups in total. The summed E-state index contributed by atoms with van der Waals surface area (Å²) < 4.78 is 9.90. The van der Waals surface area contributed by atoms with E-state index in [9.17, 15) is 14.4 Å². The van der Waals surface area contributed by atoms with Gasteiger partial charge in [-0.1, -0.05) is 12.1 Å². The molecule has 0 saturated carbocycles. The van der Waals surface area contributed by atoms with E-state index in [2.05, 4.69) is 0 Å². The summed E-state index contributed by atoms with van der Waals surface area (Å²) in [5.74, 6) is -1.20. The molecule has 7 nitrogen and oxygen atoms in total. The molecule has 0 spiro atoms. The molecule has 0 aliphatic carbocycles. The average Bonchev–Trinajstić information content (AvgIpc) is 2.37. The van der Waals surface area contributed by atoms with Gasteiger partial charge in [-0.25, -0.2) is 9.59 Å². The number of nitrogens with one attached hydrogen (secondary N) is 1. The van der Waals surface area contributed by atoms with Crippen molar-refractivity contribution < 1.29 is 23.9 Å². The number of hydrogen-bond acceptors (Lipinski definition) is 5. The topological polar surface area (TPSA) is 108 Å². The number of ether oxygens (including phenoxy) is 2. The highest BCUT2D eigenvalue weighted by atomic mass is 16.5. The number of hydrogen-bond donors (Lipinski definition) is 2. The van der Waals surface area contributed by atoms with Crippen LogP contribution in [0.1, 0.15) is 17.3 Å². The zero-order valence-electron chi connectivity index (χ0n) is 10.5. The lowest BCUT2D eigenvalue weighted by Crippen LogP contribution is -2.42. The van der Waals surface area contributed by atoms with Crippen LogP contribution in [0, 0.1) is 0 Å². The normalized spacial score (nSPS) is 11.3. The third-order valence-corrected chi connectivity index (χ3v) is 2.23. The maximum absolute atomic E-state index is 11.8. The second-order valence-corrected chi connectivity index (χ2v) is 3.60. The Kier molecular flexibility index (Phi) is 4.87. The van der Waals surface area contributed by atoms with Crippen molar-refractivity contribution in [2.24, 2.45) is 5.73 Å². The van der Waals surface area contributed by atoms with E-state index >= 15 is 0 Å². The van der Waals surface area contributed by atoms with E-state index in [0.29, 0.717) is 5.75 Å². The number of primary amides is 1. The van der Waals surface area contributed by atoms with E-state index in [0.717, 1.165) is 0 Å². The average molecular weight is 266 g/mol. The van der Waals surface area contributed by atoms with Gasteiger partial charge in [0.05, 0.1) is 7.11 Å². The summed E-state index contributed by atoms with van der Waals surface area (Å²) in [4.78, 5) is 33.7. The number of amides is 3. The molecule has 0 unspecified atom stereocenters. The molecule has 19 heavy (non-hydrogen) atoms. The fourth-order valence-electron chi connectivity index (χ4n) is 1.31. The van der Waals surface area contributed by atoms with E-state index in [4.69, 9.17) is 15.2 Å². The number of benzene rings is 1. The monoisotopic (exact) mass is 266 g/mol. The predicted molar refractivity (Wildman–Crippen MR) is 65.6 cm³/mol. The van der Waals surface area contributed by atoms with Gasteiger partial charge in [0.15, 0.2) is 6.10 Å². The molecular formula is C12H14N2O5. The third kappa shape index (κ3) is 3.98. The molecule has 0 aliphatic heterocycles. The number of rotatable bonds is 4. The standard InChI is InChI=1S/C12H14N2O5/c1-7(10(15)14-12(13)17)19-11(16)8-5-3-4-6-9(8)18-2/h3-7H,1-2H3,(H3,13,14,15,17)/t7-/m1/s1. The van der Waals surface area contributed by atoms with Crippen LogP contribution in [0.25, 0.3) is 0 Å². The van der Waals surface area contributed by atoms with Crippen LogP contribution in [0.3, 0.4) is 0 Å². The van der Waals surface area contributed by atoms with Crippen molar-refractivity contribution >= 4 is 17.9 Å². The lowest BCUT2D eigenvalue weighted by atomic mass is 10.2. The molecule has 0 saturated heterocycles. The van der Waals surface area contributed by atoms with Gasteiger partial charge in [-0.05, 0) is 19.1 Å². The van der Waals surface area contributed by atoms with E-state index in [1.54, 1.807) is 18.2 Å². The fraction of sp³-hybridized carbons (Fsp3) is 0.250. The number of esters is 1. The number of nitrogens with two attached hydrogens (primary N) is 1. The fourth-order valence-corrected chi connectivity index (χ4v) is 1.31. The van der Waals surface area contributed by atoms with Gasteiger partial charge in [0, 0.05) is 0 Å². The van der Waals surface area contributed by atoms with Crippen LogP contribution in [0.5, 0.6) is 5.75 Å². The molecule has 0 aliphatic rings. The summed E-state index contributed by atoms with van der Waals surface area (Å²) in [5, 5.41) is 1.82. The Morgan fingerprint density at radius 1 is 1.26 bits per heavy atom. The van der Waals surface area contributed by atoms with Gasteiger partial charge < -0.3 is 15.2 Å². The zero-order valence-corrected chi connectivity index (χ0v) is 10.5. The van der Waals surface area contributed by atoms with Crippen molar-refractivity contribution in [2.45, 2.75) is 13.0 Å². The largest absolute Gasteiger partial charge is 0.496 e. The van der Waals surface area contributed by atoms with Gasteiger partial charge in [-0.15, -0.1) is 0 Å². The van der Waals surface area contributed by atoms with Crippen molar-refractivity contribution in [3.05, 3.63) is 29.8 Å². The van der Waals surface area contributed by atoms with Crippen LogP contribution in [0.15, 0.2) is 24.3 Å². The first kappa shape index (κ1) is 14.5. The maximum atomic E-state index is 11.8. The predicted octanol–water partition coefficient (Wildman–Crippen LogP) is 0.435. The second kappa shape index (κ2) is 6.39. The lowest BCUT2D eigenvalue weighted by molar-refractivity contribution is -0.127. The van der Waals surface area contributed by atoms with Crippen LogP contribution in [0.4, 0.5) is 4.79 Å². The smallest absolute Gasteiger partial charge is 0.342 e. The van der Waals surface area contributed by atoms with Crippen LogP contribution < -0.4 is 15.8 Å². The molecule has 0 fully saturated rings. The van der Waals surface area contributed by atoms with Gasteiger partial charge in [0.2, 0.25) is 0 Å². The minimum absolute atomic E-state index is 0.184. The summed E-state index contributed by atoms with van der Waals surface area (Å²) in [7, 11) is 1.41. The number of imide groups is 1. The van der Waals surface area contributed by atoms with Crippen LogP contribution in [0.2, 0.25) is 0 Å². The molecule has 102 valence electrons. The highest BCUT2D eigenvalue weighted by Gasteiger charge is 2.21. The highest BCUT2D eigenvalue weighted by Crippen LogP contribution is 2.18. The number of carbonyl (C=O) groups is 3. The maximum Gasteiger partial charge on any atom is 0.342 e. The Labute approximate surface area is 109 Å². The Morgan fingerprint density at radius 3 is 2.47 bits per heavy atom. The molecule has 3 amide bonds. The van der Waals surface area contributed by atoms with Crippen LogP contribution in [-0.4, -0.2) is 31.1 Å². The van der Waals surface area contributed by atoms with E-state index in [1.807, 2.05) is 5.32 Å². The van der Waals surface area contributed by atoms with Crippen molar-refractivity contribution in [3.8, 4) is 5.75 Å². The lowest BCUT2D eigenvalue weighted by Gasteiger charge is -2.13. The molecule has 1 aromatic carbocycles. The van der Waals surface area contributed by atoms with Crippen molar-refractivity contribution in [3.63, 3.8) is 0 Å². The van der Waals surface area contributed by atoms with E-state index in [1.165, 1.54) is 20.1 Å². The molecule has 0 heterocycles. The number of carbonyl (C=O) groups excluding carboxylic acids is 3. The Hall–Kier alpha value is -2.57. The van der Waals surface area contributed by atoms with E-state index < -0.39 is 24.0 Å². The minimum atomic E-state index is -1.15. The van der Waals surface area contributed by atoms with Gasteiger partial charge in [-0.3, -0.25) is 10.1 Å². The summed E-state index contributed by atoms with van der Waals surface area (Å²) in [6.07, 6.45) is -1.15. The Bertz CT molecular complexity index is 501. The second-order valence-electron chi connectivity index (χ2n) is 3.60. The molecule has 1 atom stereocenters. The van der Waals surface area contributed by atoms with Gasteiger partial charge in [-0.2, -0.15) is 0 Å².